The predicted molar refractivity (Wildman–Crippen MR) is 66.4 cm³/mol. The van der Waals surface area contributed by atoms with Crippen LogP contribution in [0.25, 0.3) is 0 Å². The van der Waals surface area contributed by atoms with Gasteiger partial charge in [0.1, 0.15) is 5.60 Å². The van der Waals surface area contributed by atoms with Gasteiger partial charge in [0.15, 0.2) is 0 Å². The van der Waals surface area contributed by atoms with Crippen LogP contribution >= 0.6 is 0 Å². The van der Waals surface area contributed by atoms with E-state index in [1.807, 2.05) is 0 Å². The minimum Gasteiger partial charge on any atom is -0.389 e. The van der Waals surface area contributed by atoms with E-state index in [2.05, 4.69) is 18.7 Å². The van der Waals surface area contributed by atoms with Crippen molar-refractivity contribution < 1.29 is 10.2 Å². The number of aliphatic hydroxyl groups excluding tert-OH is 1. The SMILES string of the molecule is CCCCCN1CC(O)C(O)(CCCC)C1. The highest BCUT2D eigenvalue weighted by molar-refractivity contribution is 4.97. The third kappa shape index (κ3) is 3.72. The lowest BCUT2D eigenvalue weighted by Crippen LogP contribution is -2.41. The molecule has 1 aliphatic heterocycles. The molecule has 1 heterocycles. The van der Waals surface area contributed by atoms with Crippen molar-refractivity contribution in [3.05, 3.63) is 0 Å². The molecular weight excluding hydrogens is 202 g/mol. The molecule has 0 spiro atoms. The Kier molecular flexibility index (Phi) is 5.73. The minimum atomic E-state index is -0.845. The summed E-state index contributed by atoms with van der Waals surface area (Å²) < 4.78 is 0. The molecule has 3 nitrogen and oxygen atoms in total. The van der Waals surface area contributed by atoms with Gasteiger partial charge >= 0.3 is 0 Å². The summed E-state index contributed by atoms with van der Waals surface area (Å²) in [4.78, 5) is 2.20. The Hall–Kier alpha value is -0.120. The van der Waals surface area contributed by atoms with Crippen molar-refractivity contribution in [3.63, 3.8) is 0 Å². The quantitative estimate of drug-likeness (QED) is 0.654. The molecule has 1 fully saturated rings. The van der Waals surface area contributed by atoms with Crippen molar-refractivity contribution in [1.82, 2.24) is 4.90 Å². The maximum Gasteiger partial charge on any atom is 0.104 e. The fourth-order valence-electron chi connectivity index (χ4n) is 2.46. The summed E-state index contributed by atoms with van der Waals surface area (Å²) >= 11 is 0. The summed E-state index contributed by atoms with van der Waals surface area (Å²) in [7, 11) is 0. The van der Waals surface area contributed by atoms with Crippen molar-refractivity contribution in [2.24, 2.45) is 0 Å². The van der Waals surface area contributed by atoms with Crippen LogP contribution in [0.4, 0.5) is 0 Å². The van der Waals surface area contributed by atoms with Gasteiger partial charge in [-0.15, -0.1) is 0 Å². The zero-order chi connectivity index (χ0) is 12.0. The smallest absolute Gasteiger partial charge is 0.104 e. The summed E-state index contributed by atoms with van der Waals surface area (Å²) in [6, 6.07) is 0. The maximum absolute atomic E-state index is 10.3. The first-order chi connectivity index (χ1) is 7.62. The molecule has 0 amide bonds. The summed E-state index contributed by atoms with van der Waals surface area (Å²) in [6.07, 6.45) is 5.88. The number of rotatable bonds is 7. The van der Waals surface area contributed by atoms with Crippen molar-refractivity contribution >= 4 is 0 Å². The second-order valence-electron chi connectivity index (χ2n) is 5.17. The molecular formula is C13H27NO2. The van der Waals surface area contributed by atoms with Crippen LogP contribution in [0.2, 0.25) is 0 Å². The number of unbranched alkanes of at least 4 members (excludes halogenated alkanes) is 3. The molecule has 2 N–H and O–H groups in total. The van der Waals surface area contributed by atoms with Crippen LogP contribution in [-0.2, 0) is 0 Å². The van der Waals surface area contributed by atoms with E-state index in [0.29, 0.717) is 13.1 Å². The lowest BCUT2D eigenvalue weighted by molar-refractivity contribution is -0.0474. The van der Waals surface area contributed by atoms with E-state index in [-0.39, 0.29) is 0 Å². The van der Waals surface area contributed by atoms with Crippen LogP contribution in [0.15, 0.2) is 0 Å². The first-order valence-electron chi connectivity index (χ1n) is 6.75. The molecule has 1 saturated heterocycles. The molecule has 96 valence electrons. The maximum atomic E-state index is 10.3. The number of hydrogen-bond donors (Lipinski definition) is 2. The minimum absolute atomic E-state index is 0.555. The first-order valence-corrected chi connectivity index (χ1v) is 6.75. The molecule has 0 aromatic heterocycles. The van der Waals surface area contributed by atoms with Crippen LogP contribution in [0.5, 0.6) is 0 Å². The molecule has 2 unspecified atom stereocenters. The topological polar surface area (TPSA) is 43.7 Å². The number of β-amino-alcohol motifs (C(OH)–C–C–N with tert-alkyl or cyclic N) is 2. The molecule has 0 aromatic carbocycles. The molecule has 1 aliphatic rings. The van der Waals surface area contributed by atoms with E-state index in [1.165, 1.54) is 19.3 Å². The standard InChI is InChI=1S/C13H27NO2/c1-3-5-7-9-14-10-12(15)13(16,11-14)8-6-4-2/h12,15-16H,3-11H2,1-2H3. The Bertz CT molecular complexity index is 198. The molecule has 3 heteroatoms. The van der Waals surface area contributed by atoms with Crippen LogP contribution in [-0.4, -0.2) is 46.5 Å². The van der Waals surface area contributed by atoms with Gasteiger partial charge in [-0.05, 0) is 19.4 Å². The van der Waals surface area contributed by atoms with Gasteiger partial charge in [0.25, 0.3) is 0 Å². The van der Waals surface area contributed by atoms with Gasteiger partial charge in [-0.2, -0.15) is 0 Å². The summed E-state index contributed by atoms with van der Waals surface area (Å²) in [6.45, 7) is 6.61. The zero-order valence-corrected chi connectivity index (χ0v) is 10.8. The number of nitrogens with zero attached hydrogens (tertiary/aromatic N) is 1. The largest absolute Gasteiger partial charge is 0.389 e. The summed E-state index contributed by atoms with van der Waals surface area (Å²) in [5.74, 6) is 0. The Morgan fingerprint density at radius 3 is 2.50 bits per heavy atom. The number of aliphatic hydroxyl groups is 2. The molecule has 16 heavy (non-hydrogen) atoms. The average Bonchev–Trinajstić information content (AvgIpc) is 2.53. The van der Waals surface area contributed by atoms with Crippen molar-refractivity contribution in [2.75, 3.05) is 19.6 Å². The molecule has 2 atom stereocenters. The highest BCUT2D eigenvalue weighted by Crippen LogP contribution is 2.27. The van der Waals surface area contributed by atoms with E-state index >= 15 is 0 Å². The van der Waals surface area contributed by atoms with Crippen LogP contribution in [0.3, 0.4) is 0 Å². The molecule has 0 saturated carbocycles. The Labute approximate surface area is 99.5 Å². The van der Waals surface area contributed by atoms with Gasteiger partial charge < -0.3 is 10.2 Å². The second kappa shape index (κ2) is 6.58. The van der Waals surface area contributed by atoms with E-state index in [9.17, 15) is 10.2 Å². The van der Waals surface area contributed by atoms with Crippen molar-refractivity contribution in [3.8, 4) is 0 Å². The third-order valence-electron chi connectivity index (χ3n) is 3.59. The Balaban J connectivity index is 2.33. The first kappa shape index (κ1) is 13.9. The van der Waals surface area contributed by atoms with Gasteiger partial charge in [0.2, 0.25) is 0 Å². The average molecular weight is 229 g/mol. The van der Waals surface area contributed by atoms with Gasteiger partial charge in [0.05, 0.1) is 6.10 Å². The number of hydrogen-bond acceptors (Lipinski definition) is 3. The molecule has 0 radical (unpaired) electrons. The molecule has 0 bridgehead atoms. The number of likely N-dealkylation sites (tertiary alicyclic amines) is 1. The highest BCUT2D eigenvalue weighted by Gasteiger charge is 2.43. The molecule has 0 aromatic rings. The van der Waals surface area contributed by atoms with Crippen LogP contribution in [0.1, 0.15) is 52.4 Å². The normalized spacial score (nSPS) is 31.1. The van der Waals surface area contributed by atoms with Gasteiger partial charge in [-0.3, -0.25) is 4.90 Å². The van der Waals surface area contributed by atoms with Gasteiger partial charge in [0, 0.05) is 13.1 Å². The van der Waals surface area contributed by atoms with E-state index in [4.69, 9.17) is 0 Å². The van der Waals surface area contributed by atoms with Crippen molar-refractivity contribution in [1.29, 1.82) is 0 Å². The zero-order valence-electron chi connectivity index (χ0n) is 10.8. The lowest BCUT2D eigenvalue weighted by Gasteiger charge is -2.25. The highest BCUT2D eigenvalue weighted by atomic mass is 16.3. The molecule has 1 rings (SSSR count). The van der Waals surface area contributed by atoms with Gasteiger partial charge in [-0.1, -0.05) is 39.5 Å². The second-order valence-corrected chi connectivity index (χ2v) is 5.17. The van der Waals surface area contributed by atoms with Crippen LogP contribution < -0.4 is 0 Å². The lowest BCUT2D eigenvalue weighted by atomic mass is 9.94. The van der Waals surface area contributed by atoms with E-state index < -0.39 is 11.7 Å². The van der Waals surface area contributed by atoms with Crippen LogP contribution in [0, 0.1) is 0 Å². The third-order valence-corrected chi connectivity index (χ3v) is 3.59. The Morgan fingerprint density at radius 2 is 1.88 bits per heavy atom. The van der Waals surface area contributed by atoms with E-state index in [0.717, 1.165) is 25.8 Å². The summed E-state index contributed by atoms with van der Waals surface area (Å²) in [5, 5.41) is 20.2. The fraction of sp³-hybridized carbons (Fsp3) is 1.00. The fourth-order valence-corrected chi connectivity index (χ4v) is 2.46. The van der Waals surface area contributed by atoms with E-state index in [1.54, 1.807) is 0 Å². The summed E-state index contributed by atoms with van der Waals surface area (Å²) in [5.41, 5.74) is -0.845. The molecule has 0 aliphatic carbocycles. The van der Waals surface area contributed by atoms with Crippen molar-refractivity contribution in [2.45, 2.75) is 64.1 Å². The Morgan fingerprint density at radius 1 is 1.19 bits per heavy atom. The monoisotopic (exact) mass is 229 g/mol. The van der Waals surface area contributed by atoms with Gasteiger partial charge in [-0.25, -0.2) is 0 Å². The predicted octanol–water partition coefficient (Wildman–Crippen LogP) is 1.77.